The molecule has 10 heteroatoms. The Kier molecular flexibility index (Phi) is 7.38. The molecule has 4 heterocycles. The van der Waals surface area contributed by atoms with Crippen molar-refractivity contribution in [3.8, 4) is 5.75 Å². The van der Waals surface area contributed by atoms with E-state index in [1.54, 1.807) is 36.4 Å². The van der Waals surface area contributed by atoms with E-state index in [2.05, 4.69) is 4.90 Å². The monoisotopic (exact) mass is 534 g/mol. The molecule has 1 fully saturated rings. The highest BCUT2D eigenvalue weighted by Crippen LogP contribution is 2.37. The number of rotatable bonds is 7. The average Bonchev–Trinajstić information content (AvgIpc) is 2.94. The van der Waals surface area contributed by atoms with Crippen molar-refractivity contribution in [1.82, 2.24) is 9.47 Å². The molecule has 0 aliphatic carbocycles. The van der Waals surface area contributed by atoms with Crippen molar-refractivity contribution in [1.29, 1.82) is 0 Å². The Morgan fingerprint density at radius 1 is 1.05 bits per heavy atom. The number of esters is 2. The predicted molar refractivity (Wildman–Crippen MR) is 140 cm³/mol. The largest absolute Gasteiger partial charge is 0.502 e. The predicted octanol–water partition coefficient (Wildman–Crippen LogP) is 2.61. The Bertz CT molecular complexity index is 1510. The fraction of sp³-hybridized carbons (Fsp3) is 0.379. The van der Waals surface area contributed by atoms with Crippen LogP contribution in [0, 0.1) is 5.92 Å². The van der Waals surface area contributed by atoms with Gasteiger partial charge in [0.2, 0.25) is 11.2 Å². The number of nitrogens with zero attached hydrogens (tertiary/aromatic N) is 2. The van der Waals surface area contributed by atoms with Crippen LogP contribution in [-0.2, 0) is 27.4 Å². The number of likely N-dealkylation sites (tertiary alicyclic amines) is 1. The van der Waals surface area contributed by atoms with Crippen molar-refractivity contribution >= 4 is 11.9 Å². The molecule has 0 spiro atoms. The summed E-state index contributed by atoms with van der Waals surface area (Å²) >= 11 is 0. The number of aromatic hydroxyl groups is 1. The highest BCUT2D eigenvalue weighted by molar-refractivity contribution is 5.89. The number of pyridine rings is 1. The van der Waals surface area contributed by atoms with Gasteiger partial charge in [-0.25, -0.2) is 4.79 Å². The van der Waals surface area contributed by atoms with E-state index in [4.69, 9.17) is 13.9 Å². The molecule has 1 saturated heterocycles. The van der Waals surface area contributed by atoms with Crippen molar-refractivity contribution in [3.05, 3.63) is 97.4 Å². The summed E-state index contributed by atoms with van der Waals surface area (Å²) in [6.45, 7) is 2.41. The number of benzene rings is 1. The quantitative estimate of drug-likeness (QED) is 0.455. The van der Waals surface area contributed by atoms with E-state index >= 15 is 0 Å². The number of fused-ring (bicyclic) bond motifs is 4. The van der Waals surface area contributed by atoms with E-state index in [0.717, 1.165) is 18.7 Å². The third-order valence-corrected chi connectivity index (χ3v) is 7.58. The van der Waals surface area contributed by atoms with Crippen LogP contribution in [0.25, 0.3) is 0 Å². The number of carbonyl (C=O) groups is 2. The maximum atomic E-state index is 12.8. The molecule has 2 aromatic heterocycles. The number of carbonyl (C=O) groups excluding carboxylic acids is 2. The maximum absolute atomic E-state index is 12.8. The van der Waals surface area contributed by atoms with Crippen LogP contribution in [-0.4, -0.2) is 53.8 Å². The summed E-state index contributed by atoms with van der Waals surface area (Å²) in [5.41, 5.74) is 1.29. The number of hydrogen-bond acceptors (Lipinski definition) is 9. The molecule has 1 N–H and O–H groups in total. The fourth-order valence-corrected chi connectivity index (χ4v) is 5.80. The van der Waals surface area contributed by atoms with E-state index in [1.165, 1.54) is 20.3 Å². The summed E-state index contributed by atoms with van der Waals surface area (Å²) in [7, 11) is 2.54. The minimum Gasteiger partial charge on any atom is -0.502 e. The van der Waals surface area contributed by atoms with Gasteiger partial charge in [0.05, 0.1) is 38.7 Å². The van der Waals surface area contributed by atoms with Crippen LogP contribution < -0.4 is 11.0 Å². The van der Waals surface area contributed by atoms with Crippen molar-refractivity contribution in [2.45, 2.75) is 37.8 Å². The van der Waals surface area contributed by atoms with Gasteiger partial charge < -0.3 is 23.6 Å². The Morgan fingerprint density at radius 2 is 1.82 bits per heavy atom. The molecule has 3 atom stereocenters. The van der Waals surface area contributed by atoms with E-state index in [1.807, 2.05) is 10.6 Å². The van der Waals surface area contributed by atoms with Crippen LogP contribution in [0.2, 0.25) is 0 Å². The van der Waals surface area contributed by atoms with Gasteiger partial charge in [-0.3, -0.25) is 19.3 Å². The molecule has 0 saturated carbocycles. The molecule has 2 aliphatic heterocycles. The van der Waals surface area contributed by atoms with Crippen LogP contribution in [0.1, 0.15) is 57.8 Å². The number of hydrogen-bond donors (Lipinski definition) is 1. The molecule has 204 valence electrons. The van der Waals surface area contributed by atoms with Crippen LogP contribution in [0.15, 0.2) is 62.5 Å². The summed E-state index contributed by atoms with van der Waals surface area (Å²) in [6.07, 6.45) is 0.806. The molecule has 39 heavy (non-hydrogen) atoms. The van der Waals surface area contributed by atoms with Crippen LogP contribution in [0.4, 0.5) is 0 Å². The summed E-state index contributed by atoms with van der Waals surface area (Å²) < 4.78 is 17.6. The lowest BCUT2D eigenvalue weighted by atomic mass is 9.83. The number of methoxy groups -OCH3 is 2. The molecule has 2 aliphatic rings. The second kappa shape index (κ2) is 10.9. The Hall–Kier alpha value is -4.18. The average molecular weight is 535 g/mol. The zero-order valence-corrected chi connectivity index (χ0v) is 21.8. The number of aromatic nitrogens is 1. The first kappa shape index (κ1) is 26.4. The second-order valence-corrected chi connectivity index (χ2v) is 10.1. The Balaban J connectivity index is 1.44. The normalized spacial score (nSPS) is 19.1. The van der Waals surface area contributed by atoms with Gasteiger partial charge in [0.15, 0.2) is 5.76 Å². The molecule has 0 amide bonds. The van der Waals surface area contributed by atoms with Gasteiger partial charge >= 0.3 is 11.9 Å². The second-order valence-electron chi connectivity index (χ2n) is 10.1. The third-order valence-electron chi connectivity index (χ3n) is 7.58. The molecular weight excluding hydrogens is 504 g/mol. The lowest BCUT2D eigenvalue weighted by molar-refractivity contribution is -0.140. The first-order valence-electron chi connectivity index (χ1n) is 12.8. The van der Waals surface area contributed by atoms with Gasteiger partial charge in [-0.05, 0) is 36.1 Å². The molecular formula is C29H30N2O8. The minimum atomic E-state index is -0.823. The van der Waals surface area contributed by atoms with E-state index in [9.17, 15) is 24.3 Å². The summed E-state index contributed by atoms with van der Waals surface area (Å²) in [6, 6.07) is 13.0. The van der Waals surface area contributed by atoms with Gasteiger partial charge in [-0.1, -0.05) is 18.2 Å². The summed E-state index contributed by atoms with van der Waals surface area (Å²) in [4.78, 5) is 51.5. The van der Waals surface area contributed by atoms with Gasteiger partial charge in [0, 0.05) is 43.4 Å². The number of ether oxygens (including phenoxy) is 2. The van der Waals surface area contributed by atoms with Crippen molar-refractivity contribution < 1.29 is 28.6 Å². The fourth-order valence-electron chi connectivity index (χ4n) is 5.80. The smallest absolute Gasteiger partial charge is 0.337 e. The first-order chi connectivity index (χ1) is 18.8. The van der Waals surface area contributed by atoms with Crippen molar-refractivity contribution in [3.63, 3.8) is 0 Å². The van der Waals surface area contributed by atoms with E-state index in [0.29, 0.717) is 42.4 Å². The molecule has 1 aromatic carbocycles. The van der Waals surface area contributed by atoms with Gasteiger partial charge in [-0.2, -0.15) is 0 Å². The minimum absolute atomic E-state index is 0.0149. The van der Waals surface area contributed by atoms with E-state index in [-0.39, 0.29) is 23.7 Å². The van der Waals surface area contributed by atoms with E-state index < -0.39 is 29.0 Å². The molecule has 10 nitrogen and oxygen atoms in total. The maximum Gasteiger partial charge on any atom is 0.337 e. The first-order valence-corrected chi connectivity index (χ1v) is 12.8. The lowest BCUT2D eigenvalue weighted by Crippen LogP contribution is -2.46. The standard InChI is InChI=1S/C29H30N2O8/c1-37-26(34)12-22(18-6-8-19(9-7-18)29(36)38-2)28-27(35)24(32)11-21(39-28)16-30-13-17-10-20(15-30)23-4-3-5-25(33)31(23)14-17/h3-9,11,17,20,22,35H,10,12-16H2,1-2H3/t17-,20+,22-/m1/s1. The summed E-state index contributed by atoms with van der Waals surface area (Å²) in [5.74, 6) is -1.66. The van der Waals surface area contributed by atoms with Gasteiger partial charge in [0.1, 0.15) is 5.76 Å². The number of piperidine rings is 1. The SMILES string of the molecule is COC(=O)C[C@H](c1ccc(C(=O)OC)cc1)c1oc(CN2C[C@H]3C[C@@H](C2)c2cccc(=O)n2C3)cc(=O)c1O. The Morgan fingerprint density at radius 3 is 2.54 bits per heavy atom. The third kappa shape index (κ3) is 5.37. The molecule has 5 rings (SSSR count). The van der Waals surface area contributed by atoms with Crippen molar-refractivity contribution in [2.24, 2.45) is 5.92 Å². The topological polar surface area (TPSA) is 128 Å². The molecule has 0 radical (unpaired) electrons. The highest BCUT2D eigenvalue weighted by atomic mass is 16.5. The molecule has 0 unspecified atom stereocenters. The Labute approximate surface area is 224 Å². The van der Waals surface area contributed by atoms with Crippen LogP contribution >= 0.6 is 0 Å². The van der Waals surface area contributed by atoms with Crippen molar-refractivity contribution in [2.75, 3.05) is 27.3 Å². The van der Waals surface area contributed by atoms with Crippen LogP contribution in [0.5, 0.6) is 5.75 Å². The lowest BCUT2D eigenvalue weighted by Gasteiger charge is -2.42. The summed E-state index contributed by atoms with van der Waals surface area (Å²) in [5, 5.41) is 10.7. The molecule has 3 aromatic rings. The zero-order chi connectivity index (χ0) is 27.7. The van der Waals surface area contributed by atoms with Crippen LogP contribution in [0.3, 0.4) is 0 Å². The molecule has 2 bridgehead atoms. The van der Waals surface area contributed by atoms with Gasteiger partial charge in [0.25, 0.3) is 5.56 Å². The zero-order valence-electron chi connectivity index (χ0n) is 21.8. The van der Waals surface area contributed by atoms with Gasteiger partial charge in [-0.15, -0.1) is 0 Å². The highest BCUT2D eigenvalue weighted by Gasteiger charge is 2.35.